The first-order chi connectivity index (χ1) is 9.08. The number of hydrogen-bond acceptors (Lipinski definition) is 2. The minimum atomic E-state index is -0.988. The van der Waals surface area contributed by atoms with E-state index >= 15 is 0 Å². The molecule has 4 heteroatoms. The molecular formula is C15H14FNO2. The predicted octanol–water partition coefficient (Wildman–Crippen LogP) is 3.44. The molecule has 0 radical (unpaired) electrons. The molecule has 0 atom stereocenters. The van der Waals surface area contributed by atoms with E-state index < -0.39 is 5.97 Å². The van der Waals surface area contributed by atoms with E-state index in [4.69, 9.17) is 5.11 Å². The molecule has 0 spiro atoms. The number of rotatable bonds is 4. The van der Waals surface area contributed by atoms with E-state index in [2.05, 4.69) is 5.32 Å². The van der Waals surface area contributed by atoms with Gasteiger partial charge >= 0.3 is 5.97 Å². The molecule has 2 aromatic carbocycles. The maximum absolute atomic E-state index is 13.4. The Morgan fingerprint density at radius 1 is 1.26 bits per heavy atom. The standard InChI is InChI=1S/C15H14FNO2/c1-10-6-7-11(8-13(10)16)9-17-14-5-3-2-4-12(14)15(18)19/h2-8,17H,9H2,1H3,(H,18,19). The molecule has 0 bridgehead atoms. The van der Waals surface area contributed by atoms with Crippen molar-refractivity contribution in [3.63, 3.8) is 0 Å². The van der Waals surface area contributed by atoms with Crippen LogP contribution in [0.25, 0.3) is 0 Å². The lowest BCUT2D eigenvalue weighted by Crippen LogP contribution is -2.06. The molecule has 3 nitrogen and oxygen atoms in total. The number of carboxylic acids is 1. The summed E-state index contributed by atoms with van der Waals surface area (Å²) in [7, 11) is 0. The Kier molecular flexibility index (Phi) is 3.80. The molecule has 0 aliphatic carbocycles. The number of carbonyl (C=O) groups is 1. The van der Waals surface area contributed by atoms with Gasteiger partial charge in [0.05, 0.1) is 5.56 Å². The molecule has 0 amide bonds. The van der Waals surface area contributed by atoms with Crippen LogP contribution < -0.4 is 5.32 Å². The van der Waals surface area contributed by atoms with E-state index in [1.807, 2.05) is 6.07 Å². The smallest absolute Gasteiger partial charge is 0.337 e. The van der Waals surface area contributed by atoms with Gasteiger partial charge in [0.25, 0.3) is 0 Å². The lowest BCUT2D eigenvalue weighted by Gasteiger charge is -2.10. The first-order valence-corrected chi connectivity index (χ1v) is 5.89. The molecule has 0 saturated heterocycles. The fourth-order valence-electron chi connectivity index (χ4n) is 1.77. The van der Waals surface area contributed by atoms with Gasteiger partial charge in [-0.05, 0) is 36.2 Å². The van der Waals surface area contributed by atoms with Crippen LogP contribution in [0.15, 0.2) is 42.5 Å². The van der Waals surface area contributed by atoms with E-state index in [0.29, 0.717) is 17.8 Å². The summed E-state index contributed by atoms with van der Waals surface area (Å²) < 4.78 is 13.4. The summed E-state index contributed by atoms with van der Waals surface area (Å²) in [5.41, 5.74) is 2.09. The monoisotopic (exact) mass is 259 g/mol. The second-order valence-electron chi connectivity index (χ2n) is 4.29. The average molecular weight is 259 g/mol. The first-order valence-electron chi connectivity index (χ1n) is 5.89. The average Bonchev–Trinajstić information content (AvgIpc) is 2.40. The highest BCUT2D eigenvalue weighted by Gasteiger charge is 2.08. The van der Waals surface area contributed by atoms with Gasteiger partial charge in [-0.2, -0.15) is 0 Å². The van der Waals surface area contributed by atoms with Crippen LogP contribution in [0.3, 0.4) is 0 Å². The minimum absolute atomic E-state index is 0.204. The van der Waals surface area contributed by atoms with E-state index in [9.17, 15) is 9.18 Å². The van der Waals surface area contributed by atoms with E-state index in [1.54, 1.807) is 31.2 Å². The van der Waals surface area contributed by atoms with Crippen molar-refractivity contribution in [2.45, 2.75) is 13.5 Å². The summed E-state index contributed by atoms with van der Waals surface area (Å²) >= 11 is 0. The van der Waals surface area contributed by atoms with Crippen molar-refractivity contribution in [2.24, 2.45) is 0 Å². The van der Waals surface area contributed by atoms with Crippen LogP contribution in [0.5, 0.6) is 0 Å². The third-order valence-electron chi connectivity index (χ3n) is 2.88. The number of benzene rings is 2. The zero-order chi connectivity index (χ0) is 13.8. The number of nitrogens with one attached hydrogen (secondary N) is 1. The quantitative estimate of drug-likeness (QED) is 0.884. The number of aromatic carboxylic acids is 1. The molecule has 2 aromatic rings. The Balaban J connectivity index is 2.14. The summed E-state index contributed by atoms with van der Waals surface area (Å²) in [6.45, 7) is 2.08. The number of halogens is 1. The number of hydrogen-bond donors (Lipinski definition) is 2. The zero-order valence-electron chi connectivity index (χ0n) is 10.5. The number of anilines is 1. The lowest BCUT2D eigenvalue weighted by atomic mass is 10.1. The molecule has 98 valence electrons. The maximum Gasteiger partial charge on any atom is 0.337 e. The topological polar surface area (TPSA) is 49.3 Å². The lowest BCUT2D eigenvalue weighted by molar-refractivity contribution is 0.0698. The highest BCUT2D eigenvalue weighted by Crippen LogP contribution is 2.17. The molecule has 19 heavy (non-hydrogen) atoms. The Morgan fingerprint density at radius 2 is 2.00 bits per heavy atom. The van der Waals surface area contributed by atoms with Gasteiger partial charge in [-0.25, -0.2) is 9.18 Å². The van der Waals surface area contributed by atoms with Crippen molar-refractivity contribution >= 4 is 11.7 Å². The zero-order valence-corrected chi connectivity index (χ0v) is 10.5. The van der Waals surface area contributed by atoms with Gasteiger partial charge in [0, 0.05) is 12.2 Å². The van der Waals surface area contributed by atoms with Crippen molar-refractivity contribution in [1.82, 2.24) is 0 Å². The fraction of sp³-hybridized carbons (Fsp3) is 0.133. The van der Waals surface area contributed by atoms with Crippen LogP contribution in [-0.4, -0.2) is 11.1 Å². The normalized spacial score (nSPS) is 10.2. The van der Waals surface area contributed by atoms with Crippen molar-refractivity contribution in [2.75, 3.05) is 5.32 Å². The van der Waals surface area contributed by atoms with E-state index in [1.165, 1.54) is 12.1 Å². The van der Waals surface area contributed by atoms with Crippen LogP contribution in [0, 0.1) is 12.7 Å². The number of carboxylic acid groups (broad SMARTS) is 1. The summed E-state index contributed by atoms with van der Waals surface area (Å²) in [6, 6.07) is 11.6. The van der Waals surface area contributed by atoms with E-state index in [-0.39, 0.29) is 11.4 Å². The SMILES string of the molecule is Cc1ccc(CNc2ccccc2C(=O)O)cc1F. The summed E-state index contributed by atoms with van der Waals surface area (Å²) in [5, 5.41) is 12.1. The van der Waals surface area contributed by atoms with Crippen molar-refractivity contribution < 1.29 is 14.3 Å². The Bertz CT molecular complexity index is 611. The molecule has 2 N–H and O–H groups in total. The Morgan fingerprint density at radius 3 is 2.68 bits per heavy atom. The van der Waals surface area contributed by atoms with Gasteiger partial charge in [-0.3, -0.25) is 0 Å². The summed E-state index contributed by atoms with van der Waals surface area (Å²) in [4.78, 5) is 11.0. The Labute approximate surface area is 110 Å². The molecule has 0 aromatic heterocycles. The first kappa shape index (κ1) is 13.1. The molecule has 0 saturated carbocycles. The van der Waals surface area contributed by atoms with Crippen LogP contribution in [0.4, 0.5) is 10.1 Å². The molecule has 0 unspecified atom stereocenters. The molecule has 0 heterocycles. The van der Waals surface area contributed by atoms with Gasteiger partial charge in [-0.15, -0.1) is 0 Å². The van der Waals surface area contributed by atoms with Crippen molar-refractivity contribution in [3.05, 3.63) is 65.0 Å². The largest absolute Gasteiger partial charge is 0.478 e. The van der Waals surface area contributed by atoms with Gasteiger partial charge in [-0.1, -0.05) is 24.3 Å². The van der Waals surface area contributed by atoms with Crippen LogP contribution >= 0.6 is 0 Å². The van der Waals surface area contributed by atoms with Gasteiger partial charge in [0.1, 0.15) is 5.82 Å². The molecule has 0 aliphatic heterocycles. The highest BCUT2D eigenvalue weighted by atomic mass is 19.1. The maximum atomic E-state index is 13.4. The second-order valence-corrected chi connectivity index (χ2v) is 4.29. The van der Waals surface area contributed by atoms with Gasteiger partial charge < -0.3 is 10.4 Å². The fourth-order valence-corrected chi connectivity index (χ4v) is 1.77. The van der Waals surface area contributed by atoms with Crippen LogP contribution in [0.1, 0.15) is 21.5 Å². The minimum Gasteiger partial charge on any atom is -0.478 e. The summed E-state index contributed by atoms with van der Waals surface area (Å²) in [6.07, 6.45) is 0. The third-order valence-corrected chi connectivity index (χ3v) is 2.88. The van der Waals surface area contributed by atoms with Crippen molar-refractivity contribution in [1.29, 1.82) is 0 Å². The molecule has 2 rings (SSSR count). The van der Waals surface area contributed by atoms with Crippen LogP contribution in [-0.2, 0) is 6.54 Å². The highest BCUT2D eigenvalue weighted by molar-refractivity contribution is 5.94. The summed E-state index contributed by atoms with van der Waals surface area (Å²) in [5.74, 6) is -1.25. The molecule has 0 fully saturated rings. The molecular weight excluding hydrogens is 245 g/mol. The number of para-hydroxylation sites is 1. The van der Waals surface area contributed by atoms with Crippen LogP contribution in [0.2, 0.25) is 0 Å². The van der Waals surface area contributed by atoms with Gasteiger partial charge in [0.15, 0.2) is 0 Å². The molecule has 0 aliphatic rings. The second kappa shape index (κ2) is 5.52. The van der Waals surface area contributed by atoms with Crippen molar-refractivity contribution in [3.8, 4) is 0 Å². The third kappa shape index (κ3) is 3.10. The van der Waals surface area contributed by atoms with Gasteiger partial charge in [0.2, 0.25) is 0 Å². The predicted molar refractivity (Wildman–Crippen MR) is 71.9 cm³/mol. The Hall–Kier alpha value is -2.36. The van der Waals surface area contributed by atoms with E-state index in [0.717, 1.165) is 5.56 Å². The number of aryl methyl sites for hydroxylation is 1.